The summed E-state index contributed by atoms with van der Waals surface area (Å²) in [7, 11) is 0. The number of nitrogens with one attached hydrogen (secondary N) is 2. The monoisotopic (exact) mass is 538 g/mol. The predicted octanol–water partition coefficient (Wildman–Crippen LogP) is 4.21. The van der Waals surface area contributed by atoms with E-state index in [0.717, 1.165) is 30.3 Å². The van der Waals surface area contributed by atoms with E-state index in [1.54, 1.807) is 12.3 Å². The van der Waals surface area contributed by atoms with Gasteiger partial charge in [0.2, 0.25) is 0 Å². The lowest BCUT2D eigenvalue weighted by atomic mass is 9.94. The number of amides is 1. The number of hydrogen-bond donors (Lipinski definition) is 3. The molecule has 2 atom stereocenters. The van der Waals surface area contributed by atoms with Crippen LogP contribution in [0.1, 0.15) is 68.7 Å². The van der Waals surface area contributed by atoms with E-state index in [1.165, 1.54) is 11.0 Å². The van der Waals surface area contributed by atoms with Crippen LogP contribution in [0.2, 0.25) is 0 Å². The van der Waals surface area contributed by atoms with Gasteiger partial charge >= 0.3 is 5.97 Å². The molecule has 11 nitrogen and oxygen atoms in total. The van der Waals surface area contributed by atoms with Crippen molar-refractivity contribution < 1.29 is 18.7 Å². The second kappa shape index (κ2) is 11.0. The quantitative estimate of drug-likeness (QED) is 0.322. The topological polar surface area (TPSA) is 150 Å². The number of carbonyl (C=O) groups is 2. The first-order valence-electron chi connectivity index (χ1n) is 12.9. The lowest BCUT2D eigenvalue weighted by molar-refractivity contribution is -0.156. The number of rotatable bonds is 10. The first-order valence-corrected chi connectivity index (χ1v) is 12.9. The number of pyridine rings is 2. The number of carbonyl (C=O) groups excluding carboxylic acids is 2. The minimum Gasteiger partial charge on any atom is -0.460 e. The van der Waals surface area contributed by atoms with Gasteiger partial charge in [-0.05, 0) is 71.4 Å². The van der Waals surface area contributed by atoms with Crippen LogP contribution < -0.4 is 16.4 Å². The van der Waals surface area contributed by atoms with Crippen LogP contribution in [0.4, 0.5) is 21.7 Å². The van der Waals surface area contributed by atoms with Crippen LogP contribution in [0.25, 0.3) is 5.69 Å². The average molecular weight is 539 g/mol. The Morgan fingerprint density at radius 1 is 1.15 bits per heavy atom. The van der Waals surface area contributed by atoms with Gasteiger partial charge in [-0.25, -0.2) is 9.37 Å². The fourth-order valence-corrected chi connectivity index (χ4v) is 4.29. The van der Waals surface area contributed by atoms with Gasteiger partial charge in [0.1, 0.15) is 17.1 Å². The van der Waals surface area contributed by atoms with E-state index in [0.29, 0.717) is 11.4 Å². The zero-order valence-electron chi connectivity index (χ0n) is 23.1. The highest BCUT2D eigenvalue weighted by Crippen LogP contribution is 2.39. The van der Waals surface area contributed by atoms with Gasteiger partial charge in [-0.15, -0.1) is 4.80 Å². The number of anilines is 3. The van der Waals surface area contributed by atoms with Crippen LogP contribution >= 0.6 is 0 Å². The Bertz CT molecular complexity index is 1360. The molecule has 1 aliphatic carbocycles. The summed E-state index contributed by atoms with van der Waals surface area (Å²) in [5, 5.41) is 15.0. The lowest BCUT2D eigenvalue weighted by Gasteiger charge is -2.27. The minimum absolute atomic E-state index is 0.0421. The second-order valence-corrected chi connectivity index (χ2v) is 11.1. The molecular weight excluding hydrogens is 503 g/mol. The first kappa shape index (κ1) is 27.9. The van der Waals surface area contributed by atoms with Gasteiger partial charge in [0.25, 0.3) is 5.91 Å². The maximum atomic E-state index is 15.2. The van der Waals surface area contributed by atoms with Gasteiger partial charge in [0.15, 0.2) is 11.6 Å². The number of esters is 1. The molecule has 3 aromatic heterocycles. The smallest absolute Gasteiger partial charge is 0.306 e. The number of ether oxygens (including phenoxy) is 1. The van der Waals surface area contributed by atoms with Gasteiger partial charge in [-0.2, -0.15) is 10.2 Å². The molecule has 0 spiro atoms. The van der Waals surface area contributed by atoms with E-state index < -0.39 is 17.3 Å². The molecule has 39 heavy (non-hydrogen) atoms. The molecule has 3 heterocycles. The molecule has 0 aromatic carbocycles. The lowest BCUT2D eigenvalue weighted by Crippen LogP contribution is -2.34. The number of aromatic nitrogens is 5. The molecule has 1 aliphatic rings. The van der Waals surface area contributed by atoms with Crippen LogP contribution in [-0.4, -0.2) is 48.5 Å². The third-order valence-corrected chi connectivity index (χ3v) is 6.43. The molecule has 0 saturated heterocycles. The van der Waals surface area contributed by atoms with Crippen LogP contribution in [0.15, 0.2) is 24.5 Å². The summed E-state index contributed by atoms with van der Waals surface area (Å²) >= 11 is 0. The van der Waals surface area contributed by atoms with Gasteiger partial charge in [-0.1, -0.05) is 6.92 Å². The molecule has 1 saturated carbocycles. The number of aryl methyl sites for hydroxylation is 2. The fourth-order valence-electron chi connectivity index (χ4n) is 4.29. The average Bonchev–Trinajstić information content (AvgIpc) is 3.61. The van der Waals surface area contributed by atoms with Crippen LogP contribution in [0.3, 0.4) is 0 Å². The Balaban J connectivity index is 1.59. The van der Waals surface area contributed by atoms with E-state index in [2.05, 4.69) is 30.8 Å². The summed E-state index contributed by atoms with van der Waals surface area (Å²) in [6, 6.07) is 2.57. The molecule has 0 unspecified atom stereocenters. The van der Waals surface area contributed by atoms with E-state index in [4.69, 9.17) is 10.5 Å². The van der Waals surface area contributed by atoms with Crippen molar-refractivity contribution in [1.82, 2.24) is 25.0 Å². The molecule has 0 aliphatic heterocycles. The zero-order chi connectivity index (χ0) is 28.5. The molecule has 0 radical (unpaired) electrons. The second-order valence-electron chi connectivity index (χ2n) is 11.1. The van der Waals surface area contributed by atoms with Crippen molar-refractivity contribution in [3.8, 4) is 5.69 Å². The highest BCUT2D eigenvalue weighted by molar-refractivity contribution is 5.98. The number of halogens is 1. The van der Waals surface area contributed by atoms with Crippen molar-refractivity contribution in [2.45, 2.75) is 72.4 Å². The first-order chi connectivity index (χ1) is 18.3. The summed E-state index contributed by atoms with van der Waals surface area (Å²) < 4.78 is 20.6. The standard InChI is InChI=1S/C27H35FN8O3/c1-14(9-22(37)39-27(4,5)6)23(17-7-8-17)32-26-21(28)11-20(24(29)38)25(33-26)31-18-10-19(13-30-12-18)36-34-15(2)16(3)35-36/h10-14,17,23H,7-9H2,1-6H3,(H2,29,38)(H2,31,32,33)/t14-,23+/m1/s1. The largest absolute Gasteiger partial charge is 0.460 e. The Labute approximate surface area is 226 Å². The molecule has 12 heteroatoms. The highest BCUT2D eigenvalue weighted by Gasteiger charge is 2.37. The SMILES string of the molecule is Cc1nn(-c2cncc(Nc3nc(N[C@H](C4CC4)[C@H](C)CC(=O)OC(C)(C)C)c(F)cc3C(N)=O)c2)nc1C. The number of primary amides is 1. The molecule has 4 rings (SSSR count). The fraction of sp³-hybridized carbons (Fsp3) is 0.481. The Kier molecular flexibility index (Phi) is 7.84. The van der Waals surface area contributed by atoms with E-state index in [1.807, 2.05) is 41.5 Å². The van der Waals surface area contributed by atoms with Crippen molar-refractivity contribution in [3.63, 3.8) is 0 Å². The maximum Gasteiger partial charge on any atom is 0.306 e. The Hall–Kier alpha value is -4.09. The number of hydrogen-bond acceptors (Lipinski definition) is 9. The molecule has 208 valence electrons. The van der Waals surface area contributed by atoms with E-state index in [-0.39, 0.29) is 47.5 Å². The Morgan fingerprint density at radius 3 is 2.41 bits per heavy atom. The molecule has 3 aromatic rings. The van der Waals surface area contributed by atoms with Gasteiger partial charge in [0, 0.05) is 6.04 Å². The van der Waals surface area contributed by atoms with Gasteiger partial charge in [-0.3, -0.25) is 14.6 Å². The maximum absolute atomic E-state index is 15.2. The zero-order valence-corrected chi connectivity index (χ0v) is 23.1. The molecular formula is C27H35FN8O3. The van der Waals surface area contributed by atoms with Crippen LogP contribution in [0, 0.1) is 31.5 Å². The normalized spacial score (nSPS) is 14.9. The molecule has 0 bridgehead atoms. The van der Waals surface area contributed by atoms with Crippen molar-refractivity contribution in [3.05, 3.63) is 47.3 Å². The summed E-state index contributed by atoms with van der Waals surface area (Å²) in [6.45, 7) is 11.1. The van der Waals surface area contributed by atoms with E-state index in [9.17, 15) is 9.59 Å². The van der Waals surface area contributed by atoms with Crippen LogP contribution in [0.5, 0.6) is 0 Å². The Morgan fingerprint density at radius 2 is 1.82 bits per heavy atom. The third kappa shape index (κ3) is 7.06. The molecule has 1 amide bonds. The summed E-state index contributed by atoms with van der Waals surface area (Å²) in [5.74, 6) is -1.72. The van der Waals surface area contributed by atoms with Crippen molar-refractivity contribution in [2.75, 3.05) is 10.6 Å². The summed E-state index contributed by atoms with van der Waals surface area (Å²) in [6.07, 6.45) is 5.22. The van der Waals surface area contributed by atoms with Crippen molar-refractivity contribution >= 4 is 29.2 Å². The predicted molar refractivity (Wildman–Crippen MR) is 144 cm³/mol. The van der Waals surface area contributed by atoms with Gasteiger partial charge < -0.3 is 21.1 Å². The van der Waals surface area contributed by atoms with E-state index >= 15 is 4.39 Å². The third-order valence-electron chi connectivity index (χ3n) is 6.43. The highest BCUT2D eigenvalue weighted by atomic mass is 19.1. The molecule has 4 N–H and O–H groups in total. The van der Waals surface area contributed by atoms with Crippen molar-refractivity contribution in [1.29, 1.82) is 0 Å². The van der Waals surface area contributed by atoms with Gasteiger partial charge in [0.05, 0.1) is 41.5 Å². The summed E-state index contributed by atoms with van der Waals surface area (Å²) in [4.78, 5) is 34.7. The molecule has 1 fully saturated rings. The van der Waals surface area contributed by atoms with Crippen LogP contribution in [-0.2, 0) is 9.53 Å². The number of nitrogens with zero attached hydrogens (tertiary/aromatic N) is 5. The summed E-state index contributed by atoms with van der Waals surface area (Å²) in [5.41, 5.74) is 7.47. The number of nitrogens with two attached hydrogens (primary N) is 1. The minimum atomic E-state index is -0.836. The van der Waals surface area contributed by atoms with Crippen molar-refractivity contribution in [2.24, 2.45) is 17.6 Å².